The highest BCUT2D eigenvalue weighted by Crippen LogP contribution is 2.18. The van der Waals surface area contributed by atoms with E-state index in [0.29, 0.717) is 15.8 Å². The van der Waals surface area contributed by atoms with E-state index >= 15 is 0 Å². The molecule has 2 aromatic heterocycles. The van der Waals surface area contributed by atoms with Gasteiger partial charge >= 0.3 is 5.69 Å². The second-order valence-corrected chi connectivity index (χ2v) is 5.81. The summed E-state index contributed by atoms with van der Waals surface area (Å²) in [4.78, 5) is 28.5. The van der Waals surface area contributed by atoms with Gasteiger partial charge in [0, 0.05) is 4.88 Å². The number of nitrogens with one attached hydrogen (secondary N) is 1. The van der Waals surface area contributed by atoms with Gasteiger partial charge in [0.1, 0.15) is 10.6 Å². The molecule has 0 aliphatic heterocycles. The third-order valence-electron chi connectivity index (χ3n) is 3.03. The maximum Gasteiger partial charge on any atom is 0.329 e. The fourth-order valence-electron chi connectivity index (χ4n) is 2.13. The van der Waals surface area contributed by atoms with Gasteiger partial charge in [0.05, 0.1) is 11.9 Å². The third kappa shape index (κ3) is 2.18. The number of nitrogens with zero attached hydrogens (tertiary/aromatic N) is 1. The lowest BCUT2D eigenvalue weighted by Crippen LogP contribution is -2.34. The summed E-state index contributed by atoms with van der Waals surface area (Å²) < 4.78 is 14.2. The van der Waals surface area contributed by atoms with E-state index in [1.807, 2.05) is 6.92 Å². The summed E-state index contributed by atoms with van der Waals surface area (Å²) >= 11 is 1.37. The number of fused-ring (bicyclic) bond motifs is 1. The van der Waals surface area contributed by atoms with Gasteiger partial charge in [0.2, 0.25) is 0 Å². The molecule has 1 N–H and O–H groups in total. The van der Waals surface area contributed by atoms with E-state index < -0.39 is 5.69 Å². The Morgan fingerprint density at radius 3 is 2.85 bits per heavy atom. The molecule has 0 spiro atoms. The lowest BCUT2D eigenvalue weighted by molar-refractivity contribution is 0.621. The van der Waals surface area contributed by atoms with Crippen LogP contribution in [0.25, 0.3) is 10.2 Å². The standard InChI is InChI=1S/C14H11FN2O2S/c1-8-5-11-12(20-8)16-14(19)17(13(11)18)7-9-3-2-4-10(15)6-9/h2-6H,7H2,1H3,(H,16,19). The minimum absolute atomic E-state index is 0.0523. The van der Waals surface area contributed by atoms with E-state index in [1.54, 1.807) is 18.2 Å². The second-order valence-electron chi connectivity index (χ2n) is 4.55. The van der Waals surface area contributed by atoms with Crippen molar-refractivity contribution in [2.45, 2.75) is 13.5 Å². The van der Waals surface area contributed by atoms with Crippen molar-refractivity contribution in [3.63, 3.8) is 0 Å². The predicted molar refractivity (Wildman–Crippen MR) is 76.9 cm³/mol. The van der Waals surface area contributed by atoms with Crippen LogP contribution in [0.4, 0.5) is 4.39 Å². The molecule has 2 heterocycles. The Hall–Kier alpha value is -2.21. The van der Waals surface area contributed by atoms with Crippen molar-refractivity contribution in [1.29, 1.82) is 0 Å². The maximum atomic E-state index is 13.2. The summed E-state index contributed by atoms with van der Waals surface area (Å²) in [5, 5.41) is 0.489. The smallest absolute Gasteiger partial charge is 0.298 e. The minimum Gasteiger partial charge on any atom is -0.298 e. The zero-order valence-corrected chi connectivity index (χ0v) is 11.5. The van der Waals surface area contributed by atoms with Gasteiger partial charge in [-0.2, -0.15) is 0 Å². The van der Waals surface area contributed by atoms with Crippen LogP contribution in [-0.4, -0.2) is 9.55 Å². The average Bonchev–Trinajstić information content (AvgIpc) is 2.75. The second kappa shape index (κ2) is 4.72. The maximum absolute atomic E-state index is 13.2. The van der Waals surface area contributed by atoms with Gasteiger partial charge in [-0.25, -0.2) is 9.18 Å². The molecule has 0 fully saturated rings. The van der Waals surface area contributed by atoms with Crippen LogP contribution in [0, 0.1) is 12.7 Å². The Morgan fingerprint density at radius 2 is 2.10 bits per heavy atom. The molecule has 0 aliphatic rings. The Bertz CT molecular complexity index is 907. The van der Waals surface area contributed by atoms with Gasteiger partial charge in [-0.05, 0) is 30.7 Å². The number of benzene rings is 1. The predicted octanol–water partition coefficient (Wildman–Crippen LogP) is 2.25. The molecular formula is C14H11FN2O2S. The number of H-pyrrole nitrogens is 1. The SMILES string of the molecule is Cc1cc2c(=O)n(Cc3cccc(F)c3)c(=O)[nH]c2s1. The lowest BCUT2D eigenvalue weighted by Gasteiger charge is -2.05. The fourth-order valence-corrected chi connectivity index (χ4v) is 3.02. The molecule has 0 saturated carbocycles. The normalized spacial score (nSPS) is 11.1. The van der Waals surface area contributed by atoms with Gasteiger partial charge in [-0.15, -0.1) is 11.3 Å². The number of aromatic nitrogens is 2. The number of aryl methyl sites for hydroxylation is 1. The number of halogens is 1. The lowest BCUT2D eigenvalue weighted by atomic mass is 10.2. The number of hydrogen-bond donors (Lipinski definition) is 1. The van der Waals surface area contributed by atoms with Crippen molar-refractivity contribution in [3.8, 4) is 0 Å². The van der Waals surface area contributed by atoms with E-state index in [9.17, 15) is 14.0 Å². The quantitative estimate of drug-likeness (QED) is 0.787. The highest BCUT2D eigenvalue weighted by Gasteiger charge is 2.10. The summed E-state index contributed by atoms with van der Waals surface area (Å²) in [6.07, 6.45) is 0. The highest BCUT2D eigenvalue weighted by atomic mass is 32.1. The molecule has 3 aromatic rings. The van der Waals surface area contributed by atoms with E-state index in [4.69, 9.17) is 0 Å². The zero-order chi connectivity index (χ0) is 14.3. The molecule has 1 aromatic carbocycles. The fraction of sp³-hybridized carbons (Fsp3) is 0.143. The van der Waals surface area contributed by atoms with Crippen LogP contribution in [0.5, 0.6) is 0 Å². The van der Waals surface area contributed by atoms with Gasteiger partial charge in [-0.1, -0.05) is 12.1 Å². The number of thiophene rings is 1. The molecule has 102 valence electrons. The molecule has 4 nitrogen and oxygen atoms in total. The Morgan fingerprint density at radius 1 is 1.30 bits per heavy atom. The summed E-state index contributed by atoms with van der Waals surface area (Å²) in [6.45, 7) is 1.93. The van der Waals surface area contributed by atoms with E-state index in [0.717, 1.165) is 9.44 Å². The summed E-state index contributed by atoms with van der Waals surface area (Å²) in [6, 6.07) is 7.62. The molecule has 0 amide bonds. The molecule has 6 heteroatoms. The first kappa shape index (κ1) is 12.8. The molecule has 3 rings (SSSR count). The average molecular weight is 290 g/mol. The third-order valence-corrected chi connectivity index (χ3v) is 3.99. The van der Waals surface area contributed by atoms with Crippen LogP contribution in [0.15, 0.2) is 39.9 Å². The Labute approximate surface area is 117 Å². The van der Waals surface area contributed by atoms with Crippen molar-refractivity contribution in [1.82, 2.24) is 9.55 Å². The van der Waals surface area contributed by atoms with Crippen molar-refractivity contribution in [2.24, 2.45) is 0 Å². The number of hydrogen-bond acceptors (Lipinski definition) is 3. The van der Waals surface area contributed by atoms with Crippen molar-refractivity contribution in [3.05, 3.63) is 67.4 Å². The van der Waals surface area contributed by atoms with Gasteiger partial charge in [0.25, 0.3) is 5.56 Å². The highest BCUT2D eigenvalue weighted by molar-refractivity contribution is 7.18. The van der Waals surface area contributed by atoms with Crippen molar-refractivity contribution < 1.29 is 4.39 Å². The van der Waals surface area contributed by atoms with Gasteiger partial charge in [-0.3, -0.25) is 14.3 Å². The summed E-state index contributed by atoms with van der Waals surface area (Å²) in [7, 11) is 0. The van der Waals surface area contributed by atoms with Crippen LogP contribution in [0.2, 0.25) is 0 Å². The first-order chi connectivity index (χ1) is 9.54. The molecule has 20 heavy (non-hydrogen) atoms. The van der Waals surface area contributed by atoms with Crippen LogP contribution in [0.1, 0.15) is 10.4 Å². The Kier molecular flexibility index (Phi) is 3.02. The van der Waals surface area contributed by atoms with Crippen molar-refractivity contribution >= 4 is 21.6 Å². The first-order valence-electron chi connectivity index (χ1n) is 6.02. The monoisotopic (exact) mass is 290 g/mol. The molecule has 0 bridgehead atoms. The topological polar surface area (TPSA) is 54.9 Å². The molecule has 0 atom stereocenters. The van der Waals surface area contributed by atoms with Crippen molar-refractivity contribution in [2.75, 3.05) is 0 Å². The van der Waals surface area contributed by atoms with Crippen LogP contribution < -0.4 is 11.2 Å². The first-order valence-corrected chi connectivity index (χ1v) is 6.84. The molecule has 0 saturated heterocycles. The summed E-state index contributed by atoms with van der Waals surface area (Å²) in [5.74, 6) is -0.389. The van der Waals surface area contributed by atoms with Gasteiger partial charge < -0.3 is 0 Å². The number of aromatic amines is 1. The van der Waals surface area contributed by atoms with E-state index in [-0.39, 0.29) is 17.9 Å². The largest absolute Gasteiger partial charge is 0.329 e. The summed E-state index contributed by atoms with van der Waals surface area (Å²) in [5.41, 5.74) is -0.255. The van der Waals surface area contributed by atoms with Crippen LogP contribution >= 0.6 is 11.3 Å². The number of rotatable bonds is 2. The molecule has 0 unspecified atom stereocenters. The molecule has 0 radical (unpaired) electrons. The zero-order valence-electron chi connectivity index (χ0n) is 10.6. The molecular weight excluding hydrogens is 279 g/mol. The van der Waals surface area contributed by atoms with E-state index in [1.165, 1.54) is 23.5 Å². The minimum atomic E-state index is -0.478. The Balaban J connectivity index is 2.16. The molecule has 0 aliphatic carbocycles. The van der Waals surface area contributed by atoms with Crippen LogP contribution in [0.3, 0.4) is 0 Å². The van der Waals surface area contributed by atoms with Crippen LogP contribution in [-0.2, 0) is 6.54 Å². The van der Waals surface area contributed by atoms with E-state index in [2.05, 4.69) is 4.98 Å². The van der Waals surface area contributed by atoms with Gasteiger partial charge in [0.15, 0.2) is 0 Å².